The minimum Gasteiger partial charge on any atom is -0.355 e. The van der Waals surface area contributed by atoms with E-state index >= 15 is 0 Å². The maximum absolute atomic E-state index is 12.8. The molecule has 1 fully saturated rings. The van der Waals surface area contributed by atoms with E-state index in [4.69, 9.17) is 0 Å². The molecule has 2 aromatic carbocycles. The van der Waals surface area contributed by atoms with Gasteiger partial charge in [0.05, 0.1) is 4.90 Å². The number of amides is 2. The highest BCUT2D eigenvalue weighted by Crippen LogP contribution is 2.21. The lowest BCUT2D eigenvalue weighted by Crippen LogP contribution is -2.31. The molecule has 0 unspecified atom stereocenters. The number of carbonyl (C=O) groups is 2. The van der Waals surface area contributed by atoms with Crippen LogP contribution < -0.4 is 10.6 Å². The molecule has 0 aliphatic carbocycles. The molecule has 0 bridgehead atoms. The molecule has 7 nitrogen and oxygen atoms in total. The highest BCUT2D eigenvalue weighted by Gasteiger charge is 2.24. The number of benzene rings is 2. The Kier molecular flexibility index (Phi) is 7.59. The zero-order valence-electron chi connectivity index (χ0n) is 17.5. The van der Waals surface area contributed by atoms with Crippen LogP contribution in [0, 0.1) is 0 Å². The predicted octanol–water partition coefficient (Wildman–Crippen LogP) is 3.26. The number of anilines is 1. The van der Waals surface area contributed by atoms with Crippen LogP contribution in [0.1, 0.15) is 41.6 Å². The zero-order valence-corrected chi connectivity index (χ0v) is 18.3. The maximum atomic E-state index is 12.8. The van der Waals surface area contributed by atoms with E-state index in [1.807, 2.05) is 0 Å². The highest BCUT2D eigenvalue weighted by atomic mass is 32.2. The van der Waals surface area contributed by atoms with Crippen LogP contribution in [0.15, 0.2) is 59.5 Å². The number of nitrogens with zero attached hydrogens (tertiary/aromatic N) is 1. The topological polar surface area (TPSA) is 95.6 Å². The molecule has 164 valence electrons. The highest BCUT2D eigenvalue weighted by molar-refractivity contribution is 7.89. The van der Waals surface area contributed by atoms with Gasteiger partial charge in [-0.1, -0.05) is 31.0 Å². The van der Waals surface area contributed by atoms with Gasteiger partial charge < -0.3 is 10.6 Å². The van der Waals surface area contributed by atoms with Crippen LogP contribution in [0.2, 0.25) is 0 Å². The van der Waals surface area contributed by atoms with Crippen LogP contribution in [0.4, 0.5) is 5.69 Å². The normalized spacial score (nSPS) is 15.4. The van der Waals surface area contributed by atoms with E-state index in [0.717, 1.165) is 25.7 Å². The molecule has 2 amide bonds. The molecule has 2 aromatic rings. The summed E-state index contributed by atoms with van der Waals surface area (Å²) in [4.78, 5) is 24.2. The third-order valence-corrected chi connectivity index (χ3v) is 7.04. The molecule has 1 aliphatic heterocycles. The van der Waals surface area contributed by atoms with E-state index in [1.165, 1.54) is 6.08 Å². The molecular weight excluding hydrogens is 414 g/mol. The number of hydrogen-bond donors (Lipinski definition) is 2. The van der Waals surface area contributed by atoms with E-state index in [1.54, 1.807) is 66.0 Å². The van der Waals surface area contributed by atoms with Crippen molar-refractivity contribution >= 4 is 33.6 Å². The maximum Gasteiger partial charge on any atom is 0.251 e. The largest absolute Gasteiger partial charge is 0.355 e. The van der Waals surface area contributed by atoms with Crippen LogP contribution in [-0.4, -0.2) is 44.7 Å². The molecule has 0 atom stereocenters. The number of carbonyl (C=O) groups excluding carboxylic acids is 2. The van der Waals surface area contributed by atoms with E-state index < -0.39 is 10.0 Å². The summed E-state index contributed by atoms with van der Waals surface area (Å²) >= 11 is 0. The van der Waals surface area contributed by atoms with Crippen molar-refractivity contribution in [3.8, 4) is 0 Å². The molecule has 8 heteroatoms. The van der Waals surface area contributed by atoms with Crippen LogP contribution in [-0.2, 0) is 14.8 Å². The summed E-state index contributed by atoms with van der Waals surface area (Å²) in [5.41, 5.74) is 1.67. The molecule has 1 saturated heterocycles. The van der Waals surface area contributed by atoms with Gasteiger partial charge in [-0.2, -0.15) is 4.31 Å². The molecule has 1 aliphatic rings. The summed E-state index contributed by atoms with van der Waals surface area (Å²) in [5.74, 6) is -0.586. The Balaban J connectivity index is 1.64. The lowest BCUT2D eigenvalue weighted by atomic mass is 10.2. The Bertz CT molecular complexity index is 1050. The molecule has 31 heavy (non-hydrogen) atoms. The summed E-state index contributed by atoms with van der Waals surface area (Å²) in [6.45, 7) is 1.12. The molecule has 0 saturated carbocycles. The number of rotatable bonds is 6. The van der Waals surface area contributed by atoms with E-state index in [9.17, 15) is 18.0 Å². The van der Waals surface area contributed by atoms with Gasteiger partial charge in [0.1, 0.15) is 0 Å². The molecule has 2 N–H and O–H groups in total. The van der Waals surface area contributed by atoms with Gasteiger partial charge in [-0.25, -0.2) is 8.42 Å². The summed E-state index contributed by atoms with van der Waals surface area (Å²) in [6, 6.07) is 13.1. The average molecular weight is 442 g/mol. The van der Waals surface area contributed by atoms with Gasteiger partial charge >= 0.3 is 0 Å². The SMILES string of the molecule is CNC(=O)c1cccc(NC(=O)/C=C/c2ccc(S(=O)(=O)N3CCCCCC3)cc2)c1. The minimum atomic E-state index is -3.49. The van der Waals surface area contributed by atoms with Crippen LogP contribution in [0.25, 0.3) is 6.08 Å². The lowest BCUT2D eigenvalue weighted by molar-refractivity contribution is -0.111. The van der Waals surface area contributed by atoms with Gasteiger partial charge in [0.25, 0.3) is 5.91 Å². The second-order valence-electron chi connectivity index (χ2n) is 7.37. The Morgan fingerprint density at radius 1 is 0.968 bits per heavy atom. The lowest BCUT2D eigenvalue weighted by Gasteiger charge is -2.19. The van der Waals surface area contributed by atoms with Crippen molar-refractivity contribution in [2.45, 2.75) is 30.6 Å². The first-order valence-electron chi connectivity index (χ1n) is 10.3. The summed E-state index contributed by atoms with van der Waals surface area (Å²) < 4.78 is 27.2. The Labute approximate surface area is 183 Å². The van der Waals surface area contributed by atoms with Crippen LogP contribution >= 0.6 is 0 Å². The molecule has 1 heterocycles. The second kappa shape index (κ2) is 10.4. The first kappa shape index (κ1) is 22.7. The van der Waals surface area contributed by atoms with Crippen LogP contribution in [0.5, 0.6) is 0 Å². The quantitative estimate of drug-likeness (QED) is 0.673. The average Bonchev–Trinajstić information content (AvgIpc) is 3.08. The molecule has 0 aromatic heterocycles. The van der Waals surface area contributed by atoms with Gasteiger partial charge in [0, 0.05) is 37.5 Å². The third kappa shape index (κ3) is 6.02. The van der Waals surface area contributed by atoms with Gasteiger partial charge in [-0.3, -0.25) is 9.59 Å². The Hall–Kier alpha value is -2.97. The fraction of sp³-hybridized carbons (Fsp3) is 0.304. The molecule has 3 rings (SSSR count). The first-order valence-corrected chi connectivity index (χ1v) is 11.8. The van der Waals surface area contributed by atoms with Crippen molar-refractivity contribution in [3.63, 3.8) is 0 Å². The van der Waals surface area contributed by atoms with Crippen molar-refractivity contribution < 1.29 is 18.0 Å². The molecule has 0 radical (unpaired) electrons. The number of sulfonamides is 1. The smallest absolute Gasteiger partial charge is 0.251 e. The van der Waals surface area contributed by atoms with Gasteiger partial charge in [-0.15, -0.1) is 0 Å². The van der Waals surface area contributed by atoms with Gasteiger partial charge in [0.2, 0.25) is 15.9 Å². The first-order chi connectivity index (χ1) is 14.9. The standard InChI is InChI=1S/C23H27N3O4S/c1-24-23(28)19-7-6-8-20(17-19)25-22(27)14-11-18-9-12-21(13-10-18)31(29,30)26-15-4-2-3-5-16-26/h6-14,17H,2-5,15-16H2,1H3,(H,24,28)(H,25,27)/b14-11+. The predicted molar refractivity (Wildman–Crippen MR) is 121 cm³/mol. The van der Waals surface area contributed by atoms with Crippen molar-refractivity contribution in [2.24, 2.45) is 0 Å². The zero-order chi connectivity index (χ0) is 22.3. The number of hydrogen-bond acceptors (Lipinski definition) is 4. The second-order valence-corrected chi connectivity index (χ2v) is 9.31. The fourth-order valence-electron chi connectivity index (χ4n) is 3.42. The molecule has 0 spiro atoms. The molecular formula is C23H27N3O4S. The summed E-state index contributed by atoms with van der Waals surface area (Å²) in [7, 11) is -1.95. The van der Waals surface area contributed by atoms with Gasteiger partial charge in [0.15, 0.2) is 0 Å². The van der Waals surface area contributed by atoms with Crippen molar-refractivity contribution in [2.75, 3.05) is 25.5 Å². The Morgan fingerprint density at radius 3 is 2.29 bits per heavy atom. The van der Waals surface area contributed by atoms with E-state index in [0.29, 0.717) is 29.9 Å². The summed E-state index contributed by atoms with van der Waals surface area (Å²) in [5, 5.41) is 5.24. The monoisotopic (exact) mass is 441 g/mol. The van der Waals surface area contributed by atoms with Crippen LogP contribution in [0.3, 0.4) is 0 Å². The summed E-state index contributed by atoms with van der Waals surface area (Å²) in [6.07, 6.45) is 6.88. The van der Waals surface area contributed by atoms with Gasteiger partial charge in [-0.05, 0) is 54.8 Å². The Morgan fingerprint density at radius 2 is 1.65 bits per heavy atom. The van der Waals surface area contributed by atoms with E-state index in [-0.39, 0.29) is 16.7 Å². The van der Waals surface area contributed by atoms with Crippen molar-refractivity contribution in [1.82, 2.24) is 9.62 Å². The van der Waals surface area contributed by atoms with Crippen molar-refractivity contribution in [1.29, 1.82) is 0 Å². The number of nitrogens with one attached hydrogen (secondary N) is 2. The van der Waals surface area contributed by atoms with Crippen molar-refractivity contribution in [3.05, 3.63) is 65.7 Å². The van der Waals surface area contributed by atoms with E-state index in [2.05, 4.69) is 10.6 Å². The minimum absolute atomic E-state index is 0.234. The fourth-order valence-corrected chi connectivity index (χ4v) is 4.94. The third-order valence-electron chi connectivity index (χ3n) is 5.13.